The molecule has 2 aromatic rings. The number of nitrogens with one attached hydrogen (secondary N) is 2. The molecule has 3 aliphatic rings. The van der Waals surface area contributed by atoms with E-state index in [1.54, 1.807) is 12.1 Å². The summed E-state index contributed by atoms with van der Waals surface area (Å²) in [6.07, 6.45) is 10.9. The van der Waals surface area contributed by atoms with Gasteiger partial charge in [-0.2, -0.15) is 0 Å². The van der Waals surface area contributed by atoms with Crippen molar-refractivity contribution in [2.75, 3.05) is 19.6 Å². The Labute approximate surface area is 194 Å². The number of nitrogens with zero attached hydrogens (tertiary/aromatic N) is 1. The molecule has 0 radical (unpaired) electrons. The van der Waals surface area contributed by atoms with Crippen LogP contribution in [0.3, 0.4) is 0 Å². The van der Waals surface area contributed by atoms with Crippen molar-refractivity contribution in [3.8, 4) is 11.1 Å². The van der Waals surface area contributed by atoms with Gasteiger partial charge in [0.15, 0.2) is 0 Å². The Morgan fingerprint density at radius 2 is 1.91 bits per heavy atom. The first-order chi connectivity index (χ1) is 16.1. The third kappa shape index (κ3) is 4.55. The number of allylic oxidation sites excluding steroid dienone is 1. The molecule has 5 heteroatoms. The van der Waals surface area contributed by atoms with Crippen LogP contribution in [-0.2, 0) is 0 Å². The maximum Gasteiger partial charge on any atom is 0.255 e. The molecule has 1 saturated heterocycles. The van der Waals surface area contributed by atoms with E-state index in [2.05, 4.69) is 33.9 Å². The fraction of sp³-hybridized carbons (Fsp3) is 0.250. The number of hydrogen-bond acceptors (Lipinski definition) is 3. The second-order valence-corrected chi connectivity index (χ2v) is 8.89. The van der Waals surface area contributed by atoms with Crippen LogP contribution < -0.4 is 10.6 Å². The minimum atomic E-state index is -0.409. The van der Waals surface area contributed by atoms with Crippen LogP contribution in [0.1, 0.15) is 30.1 Å². The number of likely N-dealkylation sites (tertiary alicyclic amines) is 1. The van der Waals surface area contributed by atoms with Crippen LogP contribution in [-0.4, -0.2) is 36.5 Å². The fourth-order valence-corrected chi connectivity index (χ4v) is 4.74. The summed E-state index contributed by atoms with van der Waals surface area (Å²) in [6, 6.07) is 14.0. The summed E-state index contributed by atoms with van der Waals surface area (Å²) in [6.45, 7) is 5.32. The van der Waals surface area contributed by atoms with Gasteiger partial charge in [-0.3, -0.25) is 9.69 Å². The average Bonchev–Trinajstić information content (AvgIpc) is 3.34. The Balaban J connectivity index is 1.28. The molecule has 5 rings (SSSR count). The van der Waals surface area contributed by atoms with E-state index in [0.29, 0.717) is 11.1 Å². The minimum Gasteiger partial charge on any atom is -0.380 e. The van der Waals surface area contributed by atoms with E-state index in [-0.39, 0.29) is 11.9 Å². The van der Waals surface area contributed by atoms with Crippen molar-refractivity contribution in [2.24, 2.45) is 0 Å². The summed E-state index contributed by atoms with van der Waals surface area (Å²) in [5, 5.41) is 6.46. The molecule has 0 bridgehead atoms. The van der Waals surface area contributed by atoms with Crippen molar-refractivity contribution in [1.82, 2.24) is 15.5 Å². The van der Waals surface area contributed by atoms with Gasteiger partial charge in [-0.15, -0.1) is 0 Å². The molecule has 2 N–H and O–H groups in total. The highest BCUT2D eigenvalue weighted by molar-refractivity contribution is 5.96. The molecule has 0 saturated carbocycles. The molecule has 4 nitrogen and oxygen atoms in total. The van der Waals surface area contributed by atoms with Gasteiger partial charge in [0, 0.05) is 29.6 Å². The highest BCUT2D eigenvalue weighted by Gasteiger charge is 2.25. The molecule has 1 atom stereocenters. The van der Waals surface area contributed by atoms with E-state index >= 15 is 0 Å². The first kappa shape index (κ1) is 21.4. The summed E-state index contributed by atoms with van der Waals surface area (Å²) in [5.74, 6) is -0.727. The van der Waals surface area contributed by atoms with Crippen LogP contribution in [0.5, 0.6) is 0 Å². The molecule has 1 amide bonds. The SMILES string of the molecule is CC1=C(NC(=O)c2ccc(-c3ccccc3)c(F)c2)C=CC2=CC(CN3CCCC3)=CNC21. The van der Waals surface area contributed by atoms with Crippen LogP contribution in [0.15, 0.2) is 95.4 Å². The standard InChI is InChI=1S/C28H28FN3O/c1-19-26(12-10-22-15-20(17-30-27(19)22)18-32-13-5-6-14-32)31-28(33)23-9-11-24(25(29)16-23)21-7-3-2-4-8-21/h2-4,7-12,15-17,27,30H,5-6,13-14,18H2,1H3,(H,31,33). The van der Waals surface area contributed by atoms with Crippen LogP contribution >= 0.6 is 0 Å². The lowest BCUT2D eigenvalue weighted by molar-refractivity contribution is 0.0966. The normalized spacial score (nSPS) is 20.1. The fourth-order valence-electron chi connectivity index (χ4n) is 4.74. The summed E-state index contributed by atoms with van der Waals surface area (Å²) >= 11 is 0. The third-order valence-electron chi connectivity index (χ3n) is 6.59. The van der Waals surface area contributed by atoms with Crippen LogP contribution in [0.25, 0.3) is 11.1 Å². The van der Waals surface area contributed by atoms with Crippen LogP contribution in [0, 0.1) is 5.82 Å². The predicted molar refractivity (Wildman–Crippen MR) is 130 cm³/mol. The monoisotopic (exact) mass is 441 g/mol. The zero-order valence-electron chi connectivity index (χ0n) is 18.8. The van der Waals surface area contributed by atoms with E-state index in [0.717, 1.165) is 23.4 Å². The van der Waals surface area contributed by atoms with E-state index in [1.807, 2.05) is 43.3 Å². The Morgan fingerprint density at radius 3 is 2.67 bits per heavy atom. The lowest BCUT2D eigenvalue weighted by Crippen LogP contribution is -2.36. The lowest BCUT2D eigenvalue weighted by Gasteiger charge is -2.30. The van der Waals surface area contributed by atoms with Crippen molar-refractivity contribution in [3.63, 3.8) is 0 Å². The largest absolute Gasteiger partial charge is 0.380 e. The molecule has 0 aromatic heterocycles. The summed E-state index contributed by atoms with van der Waals surface area (Å²) in [5.41, 5.74) is 5.83. The van der Waals surface area contributed by atoms with E-state index in [1.165, 1.54) is 43.1 Å². The van der Waals surface area contributed by atoms with Crippen molar-refractivity contribution in [1.29, 1.82) is 0 Å². The molecular weight excluding hydrogens is 413 g/mol. The number of benzene rings is 2. The first-order valence-corrected chi connectivity index (χ1v) is 11.5. The number of halogens is 1. The Hall–Kier alpha value is -3.44. The number of rotatable bonds is 5. The summed E-state index contributed by atoms with van der Waals surface area (Å²) in [4.78, 5) is 15.3. The van der Waals surface area contributed by atoms with Crippen molar-refractivity contribution in [2.45, 2.75) is 25.8 Å². The van der Waals surface area contributed by atoms with Gasteiger partial charge in [-0.1, -0.05) is 48.6 Å². The first-order valence-electron chi connectivity index (χ1n) is 11.5. The number of hydrogen-bond donors (Lipinski definition) is 2. The second-order valence-electron chi connectivity index (χ2n) is 8.89. The maximum absolute atomic E-state index is 14.7. The smallest absolute Gasteiger partial charge is 0.255 e. The van der Waals surface area contributed by atoms with E-state index < -0.39 is 5.82 Å². The maximum atomic E-state index is 14.7. The van der Waals surface area contributed by atoms with Crippen molar-refractivity contribution in [3.05, 3.63) is 107 Å². The topological polar surface area (TPSA) is 44.4 Å². The van der Waals surface area contributed by atoms with Gasteiger partial charge in [0.05, 0.1) is 6.04 Å². The van der Waals surface area contributed by atoms with E-state index in [9.17, 15) is 9.18 Å². The minimum absolute atomic E-state index is 0.0322. The molecule has 2 heterocycles. The molecule has 1 aliphatic carbocycles. The molecule has 1 unspecified atom stereocenters. The second kappa shape index (κ2) is 9.20. The molecule has 2 aliphatic heterocycles. The number of amides is 1. The molecule has 1 fully saturated rings. The number of carbonyl (C=O) groups is 1. The Morgan fingerprint density at radius 1 is 1.12 bits per heavy atom. The van der Waals surface area contributed by atoms with Crippen molar-refractivity contribution < 1.29 is 9.18 Å². The summed E-state index contributed by atoms with van der Waals surface area (Å²) < 4.78 is 14.7. The van der Waals surface area contributed by atoms with Gasteiger partial charge in [0.25, 0.3) is 5.91 Å². The summed E-state index contributed by atoms with van der Waals surface area (Å²) in [7, 11) is 0. The highest BCUT2D eigenvalue weighted by atomic mass is 19.1. The number of fused-ring (bicyclic) bond motifs is 1. The molecular formula is C28H28FN3O. The van der Waals surface area contributed by atoms with Gasteiger partial charge < -0.3 is 10.6 Å². The molecule has 2 aromatic carbocycles. The van der Waals surface area contributed by atoms with Gasteiger partial charge in [0.2, 0.25) is 0 Å². The zero-order chi connectivity index (χ0) is 22.8. The quantitative estimate of drug-likeness (QED) is 0.691. The highest BCUT2D eigenvalue weighted by Crippen LogP contribution is 2.28. The predicted octanol–water partition coefficient (Wildman–Crippen LogP) is 4.94. The molecule has 33 heavy (non-hydrogen) atoms. The average molecular weight is 442 g/mol. The lowest BCUT2D eigenvalue weighted by atomic mass is 9.89. The number of carbonyl (C=O) groups excluding carboxylic acids is 1. The van der Waals surface area contributed by atoms with Gasteiger partial charge in [-0.25, -0.2) is 4.39 Å². The van der Waals surface area contributed by atoms with E-state index in [4.69, 9.17) is 0 Å². The molecule has 0 spiro atoms. The van der Waals surface area contributed by atoms with Gasteiger partial charge in [-0.05, 0) is 73.3 Å². The van der Waals surface area contributed by atoms with Gasteiger partial charge >= 0.3 is 0 Å². The molecule has 168 valence electrons. The van der Waals surface area contributed by atoms with Gasteiger partial charge in [0.1, 0.15) is 5.82 Å². The zero-order valence-corrected chi connectivity index (χ0v) is 18.8. The number of dihydropyridines is 1. The Kier molecular flexibility index (Phi) is 5.97. The Bertz CT molecular complexity index is 1190. The van der Waals surface area contributed by atoms with Crippen LogP contribution in [0.4, 0.5) is 4.39 Å². The third-order valence-corrected chi connectivity index (χ3v) is 6.59. The van der Waals surface area contributed by atoms with Crippen molar-refractivity contribution >= 4 is 5.91 Å². The van der Waals surface area contributed by atoms with Crippen LogP contribution in [0.2, 0.25) is 0 Å².